The van der Waals surface area contributed by atoms with Crippen LogP contribution in [0.3, 0.4) is 0 Å². The van der Waals surface area contributed by atoms with Gasteiger partial charge in [-0.25, -0.2) is 0 Å². The van der Waals surface area contributed by atoms with Gasteiger partial charge in [-0.05, 0) is 13.8 Å². The van der Waals surface area contributed by atoms with E-state index >= 15 is 0 Å². The van der Waals surface area contributed by atoms with Crippen LogP contribution in [0.1, 0.15) is 26.7 Å². The molecule has 108 valence electrons. The summed E-state index contributed by atoms with van der Waals surface area (Å²) in [5.74, 6) is -4.29. The topological polar surface area (TPSA) is 86.7 Å². The molecule has 0 saturated heterocycles. The highest BCUT2D eigenvalue weighted by atomic mass is 35.5. The van der Waals surface area contributed by atoms with Crippen molar-refractivity contribution in [3.63, 3.8) is 0 Å². The van der Waals surface area contributed by atoms with Crippen LogP contribution in [0.4, 0.5) is 0 Å². The molecule has 0 N–H and O–H groups in total. The van der Waals surface area contributed by atoms with E-state index < -0.39 is 48.1 Å². The van der Waals surface area contributed by atoms with Gasteiger partial charge in [-0.3, -0.25) is 19.2 Å². The molecule has 6 nitrogen and oxygen atoms in total. The predicted octanol–water partition coefficient (Wildman–Crippen LogP) is 0.886. The first-order chi connectivity index (χ1) is 8.96. The van der Waals surface area contributed by atoms with Gasteiger partial charge in [0, 0.05) is 6.42 Å². The molecule has 0 aromatic rings. The van der Waals surface area contributed by atoms with Crippen LogP contribution < -0.4 is 0 Å². The molecule has 0 spiro atoms. The van der Waals surface area contributed by atoms with Crippen molar-refractivity contribution < 1.29 is 28.7 Å². The van der Waals surface area contributed by atoms with Gasteiger partial charge in [0.05, 0.1) is 19.1 Å². The Kier molecular flexibility index (Phi) is 8.78. The third-order valence-corrected chi connectivity index (χ3v) is 2.43. The van der Waals surface area contributed by atoms with Gasteiger partial charge in [0.15, 0.2) is 5.78 Å². The van der Waals surface area contributed by atoms with Gasteiger partial charge in [0.2, 0.25) is 0 Å². The van der Waals surface area contributed by atoms with Gasteiger partial charge < -0.3 is 9.47 Å². The Bertz CT molecular complexity index is 352. The van der Waals surface area contributed by atoms with Crippen molar-refractivity contribution in [3.8, 4) is 0 Å². The second kappa shape index (κ2) is 9.49. The van der Waals surface area contributed by atoms with Crippen LogP contribution >= 0.6 is 11.6 Å². The molecule has 0 heterocycles. The van der Waals surface area contributed by atoms with E-state index in [-0.39, 0.29) is 13.2 Å². The van der Waals surface area contributed by atoms with Crippen molar-refractivity contribution in [3.05, 3.63) is 0 Å². The molecule has 0 aliphatic carbocycles. The Labute approximate surface area is 116 Å². The molecule has 0 aliphatic rings. The molecule has 0 saturated carbocycles. The smallest absolute Gasteiger partial charge is 0.316 e. The number of carbonyl (C=O) groups excluding carboxylic acids is 4. The number of hydrogen-bond acceptors (Lipinski definition) is 6. The van der Waals surface area contributed by atoms with Crippen LogP contribution in [-0.4, -0.2) is 42.6 Å². The van der Waals surface area contributed by atoms with Crippen molar-refractivity contribution in [1.82, 2.24) is 0 Å². The van der Waals surface area contributed by atoms with Gasteiger partial charge in [-0.1, -0.05) is 0 Å². The third-order valence-electron chi connectivity index (χ3n) is 2.17. The van der Waals surface area contributed by atoms with E-state index in [1.165, 1.54) is 0 Å². The fourth-order valence-electron chi connectivity index (χ4n) is 1.34. The number of halogens is 1. The minimum atomic E-state index is -1.25. The quantitative estimate of drug-likeness (QED) is 0.356. The molecular formula is C12H17ClO6. The van der Waals surface area contributed by atoms with Gasteiger partial charge >= 0.3 is 11.9 Å². The van der Waals surface area contributed by atoms with E-state index in [1.807, 2.05) is 0 Å². The monoisotopic (exact) mass is 292 g/mol. The molecule has 0 radical (unpaired) electrons. The maximum atomic E-state index is 11.6. The van der Waals surface area contributed by atoms with Crippen LogP contribution in [-0.2, 0) is 28.7 Å². The molecule has 7 heteroatoms. The first-order valence-electron chi connectivity index (χ1n) is 5.88. The van der Waals surface area contributed by atoms with Gasteiger partial charge in [-0.15, -0.1) is 11.6 Å². The minimum absolute atomic E-state index is 0.0942. The average molecular weight is 293 g/mol. The van der Waals surface area contributed by atoms with E-state index in [1.54, 1.807) is 13.8 Å². The van der Waals surface area contributed by atoms with Crippen molar-refractivity contribution in [1.29, 1.82) is 0 Å². The first kappa shape index (κ1) is 17.6. The molecular weight excluding hydrogens is 276 g/mol. The summed E-state index contributed by atoms with van der Waals surface area (Å²) in [6, 6.07) is 0. The second-order valence-corrected chi connectivity index (χ2v) is 3.90. The van der Waals surface area contributed by atoms with Crippen LogP contribution in [0, 0.1) is 5.92 Å². The Balaban J connectivity index is 4.55. The van der Waals surface area contributed by atoms with E-state index in [0.29, 0.717) is 0 Å². The lowest BCUT2D eigenvalue weighted by molar-refractivity contribution is -0.154. The molecule has 1 unspecified atom stereocenters. The van der Waals surface area contributed by atoms with Crippen molar-refractivity contribution in [2.75, 3.05) is 19.1 Å². The van der Waals surface area contributed by atoms with Crippen molar-refractivity contribution in [2.24, 2.45) is 5.92 Å². The van der Waals surface area contributed by atoms with Crippen LogP contribution in [0.15, 0.2) is 0 Å². The number of hydrogen-bond donors (Lipinski definition) is 0. The van der Waals surface area contributed by atoms with E-state index in [4.69, 9.17) is 16.3 Å². The fourth-order valence-corrected chi connectivity index (χ4v) is 1.52. The SMILES string of the molecule is CCOC(=O)CC(=O)CC(C(=O)CCl)C(=O)OCC. The Morgan fingerprint density at radius 1 is 1.05 bits per heavy atom. The summed E-state index contributed by atoms with van der Waals surface area (Å²) < 4.78 is 9.30. The highest BCUT2D eigenvalue weighted by molar-refractivity contribution is 6.29. The summed E-state index contributed by atoms with van der Waals surface area (Å²) >= 11 is 5.37. The predicted molar refractivity (Wildman–Crippen MR) is 66.7 cm³/mol. The maximum absolute atomic E-state index is 11.6. The number of esters is 2. The molecule has 19 heavy (non-hydrogen) atoms. The van der Waals surface area contributed by atoms with E-state index in [0.717, 1.165) is 0 Å². The Morgan fingerprint density at radius 3 is 2.11 bits per heavy atom. The maximum Gasteiger partial charge on any atom is 0.316 e. The number of ether oxygens (including phenoxy) is 2. The molecule has 0 aromatic heterocycles. The molecule has 0 bridgehead atoms. The number of ketones is 2. The lowest BCUT2D eigenvalue weighted by atomic mass is 9.97. The van der Waals surface area contributed by atoms with Crippen LogP contribution in [0.5, 0.6) is 0 Å². The Morgan fingerprint density at radius 2 is 1.63 bits per heavy atom. The summed E-state index contributed by atoms with van der Waals surface area (Å²) in [6.45, 7) is 3.45. The fraction of sp³-hybridized carbons (Fsp3) is 0.667. The van der Waals surface area contributed by atoms with Crippen LogP contribution in [0.25, 0.3) is 0 Å². The lowest BCUT2D eigenvalue weighted by Gasteiger charge is -2.12. The van der Waals surface area contributed by atoms with Crippen molar-refractivity contribution in [2.45, 2.75) is 26.7 Å². The normalized spacial score (nSPS) is 11.5. The standard InChI is InChI=1S/C12H17ClO6/c1-3-18-11(16)6-8(14)5-9(10(15)7-13)12(17)19-4-2/h9H,3-7H2,1-2H3. The van der Waals surface area contributed by atoms with Gasteiger partial charge in [0.25, 0.3) is 0 Å². The average Bonchev–Trinajstić information content (AvgIpc) is 2.35. The molecule has 0 aliphatic heterocycles. The highest BCUT2D eigenvalue weighted by Crippen LogP contribution is 2.11. The molecule has 0 fully saturated rings. The summed E-state index contributed by atoms with van der Waals surface area (Å²) in [7, 11) is 0. The van der Waals surface area contributed by atoms with Gasteiger partial charge in [-0.2, -0.15) is 0 Å². The zero-order valence-corrected chi connectivity index (χ0v) is 11.7. The minimum Gasteiger partial charge on any atom is -0.466 e. The summed E-state index contributed by atoms with van der Waals surface area (Å²) in [6.07, 6.45) is -0.873. The highest BCUT2D eigenvalue weighted by Gasteiger charge is 2.30. The largest absolute Gasteiger partial charge is 0.466 e. The summed E-state index contributed by atoms with van der Waals surface area (Å²) in [4.78, 5) is 45.7. The second-order valence-electron chi connectivity index (χ2n) is 3.63. The zero-order valence-electron chi connectivity index (χ0n) is 10.9. The number of Topliss-reactive ketones (excluding diaryl/α,β-unsaturated/α-hetero) is 2. The lowest BCUT2D eigenvalue weighted by Crippen LogP contribution is -2.30. The Hall–Kier alpha value is -1.43. The number of alkyl halides is 1. The first-order valence-corrected chi connectivity index (χ1v) is 6.42. The molecule has 0 rings (SSSR count). The van der Waals surface area contributed by atoms with E-state index in [2.05, 4.69) is 4.74 Å². The summed E-state index contributed by atoms with van der Waals surface area (Å²) in [5, 5.41) is 0. The van der Waals surface area contributed by atoms with Gasteiger partial charge in [0.1, 0.15) is 18.1 Å². The third kappa shape index (κ3) is 6.91. The number of carbonyl (C=O) groups is 4. The number of rotatable bonds is 9. The molecule has 0 aromatic carbocycles. The van der Waals surface area contributed by atoms with Crippen molar-refractivity contribution >= 4 is 35.1 Å². The molecule has 1 atom stereocenters. The van der Waals surface area contributed by atoms with E-state index in [9.17, 15) is 19.2 Å². The van der Waals surface area contributed by atoms with Crippen LogP contribution in [0.2, 0.25) is 0 Å². The zero-order chi connectivity index (χ0) is 14.8. The molecule has 0 amide bonds. The summed E-state index contributed by atoms with van der Waals surface area (Å²) in [5.41, 5.74) is 0.